The number of fused-ring (bicyclic) bond motifs is 3. The fourth-order valence-corrected chi connectivity index (χ4v) is 4.73. The molecule has 6 nitrogen and oxygen atoms in total. The van der Waals surface area contributed by atoms with Crippen LogP contribution in [0.1, 0.15) is 44.1 Å². The predicted molar refractivity (Wildman–Crippen MR) is 114 cm³/mol. The molecule has 1 aliphatic carbocycles. The van der Waals surface area contributed by atoms with Crippen molar-refractivity contribution < 1.29 is 4.79 Å². The zero-order chi connectivity index (χ0) is 19.7. The number of pyridine rings is 1. The first-order chi connectivity index (χ1) is 13.6. The number of carbonyl (C=O) groups excluding carboxylic acids is 1. The zero-order valence-electron chi connectivity index (χ0n) is 16.5. The van der Waals surface area contributed by atoms with Crippen LogP contribution in [0.4, 0.5) is 5.82 Å². The van der Waals surface area contributed by atoms with Gasteiger partial charge in [0, 0.05) is 28.9 Å². The number of carbonyl (C=O) groups is 1. The lowest BCUT2D eigenvalue weighted by molar-refractivity contribution is -0.122. The van der Waals surface area contributed by atoms with Crippen LogP contribution in [-0.2, 0) is 17.6 Å². The maximum atomic E-state index is 12.6. The molecule has 0 aliphatic heterocycles. The molecule has 2 unspecified atom stereocenters. The number of hydrogen-bond donors (Lipinski definition) is 2. The molecule has 0 fully saturated rings. The molecule has 2 atom stereocenters. The van der Waals surface area contributed by atoms with E-state index in [2.05, 4.69) is 22.5 Å². The van der Waals surface area contributed by atoms with Crippen molar-refractivity contribution >= 4 is 33.3 Å². The van der Waals surface area contributed by atoms with Crippen molar-refractivity contribution in [1.29, 1.82) is 0 Å². The first-order valence-electron chi connectivity index (χ1n) is 9.86. The smallest absolute Gasteiger partial charge is 0.242 e. The van der Waals surface area contributed by atoms with Crippen LogP contribution in [0.15, 0.2) is 24.5 Å². The van der Waals surface area contributed by atoms with Gasteiger partial charge in [0.05, 0.1) is 5.39 Å². The van der Waals surface area contributed by atoms with Gasteiger partial charge in [0.2, 0.25) is 5.91 Å². The minimum Gasteiger partial charge on any atom is -0.358 e. The molecule has 4 rings (SSSR count). The van der Waals surface area contributed by atoms with Crippen LogP contribution in [-0.4, -0.2) is 32.9 Å². The number of nitrogens with zero attached hydrogens (tertiary/aromatic N) is 3. The molecule has 3 aromatic rings. The van der Waals surface area contributed by atoms with Gasteiger partial charge in [0.25, 0.3) is 0 Å². The van der Waals surface area contributed by atoms with E-state index in [0.717, 1.165) is 40.9 Å². The number of amides is 1. The van der Waals surface area contributed by atoms with E-state index in [0.29, 0.717) is 5.82 Å². The standard InChI is InChI=1S/C21H25N5OS/c1-4-12(2)23-20(27)13(3)24-19-17-15-8-5-9-16(15)28-21(17)26-18(25-19)14-7-6-10-22-11-14/h6-7,10-13H,4-5,8-9H2,1-3H3,(H,23,27)(H,24,25,26). The SMILES string of the molecule is CCC(C)NC(=O)C(C)Nc1nc(-c2cccnc2)nc2sc3c(c12)CCC3. The lowest BCUT2D eigenvalue weighted by Crippen LogP contribution is -2.42. The Bertz CT molecular complexity index is 1000. The van der Waals surface area contributed by atoms with Gasteiger partial charge in [-0.25, -0.2) is 9.97 Å². The summed E-state index contributed by atoms with van der Waals surface area (Å²) in [5.74, 6) is 1.36. The fraction of sp³-hybridized carbons (Fsp3) is 0.429. The number of nitrogens with one attached hydrogen (secondary N) is 2. The van der Waals surface area contributed by atoms with Crippen LogP contribution in [0.3, 0.4) is 0 Å². The van der Waals surface area contributed by atoms with Crippen LogP contribution in [0.5, 0.6) is 0 Å². The molecule has 0 aromatic carbocycles. The Hall–Kier alpha value is -2.54. The number of anilines is 1. The van der Waals surface area contributed by atoms with Gasteiger partial charge in [-0.3, -0.25) is 9.78 Å². The van der Waals surface area contributed by atoms with E-state index in [4.69, 9.17) is 9.97 Å². The summed E-state index contributed by atoms with van der Waals surface area (Å²) in [7, 11) is 0. The second-order valence-electron chi connectivity index (χ2n) is 7.36. The zero-order valence-corrected chi connectivity index (χ0v) is 17.3. The molecular weight excluding hydrogens is 370 g/mol. The van der Waals surface area contributed by atoms with Crippen molar-refractivity contribution in [2.75, 3.05) is 5.32 Å². The molecule has 0 spiro atoms. The highest BCUT2D eigenvalue weighted by Crippen LogP contribution is 2.40. The topological polar surface area (TPSA) is 79.8 Å². The normalized spacial score (nSPS) is 15.2. The lowest BCUT2D eigenvalue weighted by atomic mass is 10.1. The van der Waals surface area contributed by atoms with Crippen LogP contribution < -0.4 is 10.6 Å². The van der Waals surface area contributed by atoms with Crippen LogP contribution in [0.25, 0.3) is 21.6 Å². The van der Waals surface area contributed by atoms with E-state index in [1.165, 1.54) is 16.9 Å². The van der Waals surface area contributed by atoms with E-state index in [-0.39, 0.29) is 18.0 Å². The number of aromatic nitrogens is 3. The second-order valence-corrected chi connectivity index (χ2v) is 8.44. The first-order valence-corrected chi connectivity index (χ1v) is 10.7. The molecule has 0 radical (unpaired) electrons. The summed E-state index contributed by atoms with van der Waals surface area (Å²) in [5.41, 5.74) is 2.22. The molecule has 7 heteroatoms. The Morgan fingerprint density at radius 2 is 2.14 bits per heavy atom. The molecule has 28 heavy (non-hydrogen) atoms. The molecule has 0 saturated carbocycles. The Labute approximate surface area is 168 Å². The van der Waals surface area contributed by atoms with E-state index in [1.807, 2.05) is 26.0 Å². The Balaban J connectivity index is 1.74. The van der Waals surface area contributed by atoms with Crippen molar-refractivity contribution in [3.63, 3.8) is 0 Å². The molecule has 0 saturated heterocycles. The largest absolute Gasteiger partial charge is 0.358 e. The summed E-state index contributed by atoms with van der Waals surface area (Å²) in [5, 5.41) is 7.48. The Kier molecular flexibility index (Phi) is 5.26. The first kappa shape index (κ1) is 18.8. The van der Waals surface area contributed by atoms with E-state index < -0.39 is 0 Å². The van der Waals surface area contributed by atoms with Gasteiger partial charge >= 0.3 is 0 Å². The number of thiophene rings is 1. The quantitative estimate of drug-likeness (QED) is 0.660. The molecule has 0 bridgehead atoms. The molecule has 1 amide bonds. The highest BCUT2D eigenvalue weighted by Gasteiger charge is 2.24. The molecule has 3 aromatic heterocycles. The molecule has 3 heterocycles. The molecule has 2 N–H and O–H groups in total. The molecule has 146 valence electrons. The van der Waals surface area contributed by atoms with Gasteiger partial charge in [0.15, 0.2) is 5.82 Å². The van der Waals surface area contributed by atoms with Gasteiger partial charge in [-0.2, -0.15) is 0 Å². The Morgan fingerprint density at radius 3 is 2.89 bits per heavy atom. The molecular formula is C21H25N5OS. The van der Waals surface area contributed by atoms with Gasteiger partial charge < -0.3 is 10.6 Å². The van der Waals surface area contributed by atoms with Crippen LogP contribution >= 0.6 is 11.3 Å². The van der Waals surface area contributed by atoms with Crippen LogP contribution in [0, 0.1) is 0 Å². The maximum Gasteiger partial charge on any atom is 0.242 e. The summed E-state index contributed by atoms with van der Waals surface area (Å²) in [6.45, 7) is 5.95. The third-order valence-electron chi connectivity index (χ3n) is 5.23. The van der Waals surface area contributed by atoms with Gasteiger partial charge in [-0.05, 0) is 57.2 Å². The maximum absolute atomic E-state index is 12.6. The van der Waals surface area contributed by atoms with Gasteiger partial charge in [0.1, 0.15) is 16.7 Å². The second kappa shape index (κ2) is 7.83. The lowest BCUT2D eigenvalue weighted by Gasteiger charge is -2.19. The summed E-state index contributed by atoms with van der Waals surface area (Å²) in [6, 6.07) is 3.61. The average molecular weight is 396 g/mol. The minimum absolute atomic E-state index is 0.0177. The Morgan fingerprint density at radius 1 is 1.29 bits per heavy atom. The molecule has 1 aliphatic rings. The predicted octanol–water partition coefficient (Wildman–Crippen LogP) is 3.96. The third-order valence-corrected chi connectivity index (χ3v) is 6.42. The van der Waals surface area contributed by atoms with Crippen LogP contribution in [0.2, 0.25) is 0 Å². The van der Waals surface area contributed by atoms with Crippen molar-refractivity contribution in [3.8, 4) is 11.4 Å². The number of hydrogen-bond acceptors (Lipinski definition) is 6. The van der Waals surface area contributed by atoms with Crippen molar-refractivity contribution in [1.82, 2.24) is 20.3 Å². The summed E-state index contributed by atoms with van der Waals surface area (Å²) < 4.78 is 0. The summed E-state index contributed by atoms with van der Waals surface area (Å²) in [6.07, 6.45) is 7.73. The monoisotopic (exact) mass is 395 g/mol. The van der Waals surface area contributed by atoms with Crippen molar-refractivity contribution in [2.45, 2.75) is 58.5 Å². The van der Waals surface area contributed by atoms with E-state index in [9.17, 15) is 4.79 Å². The average Bonchev–Trinajstić information content (AvgIpc) is 3.29. The highest BCUT2D eigenvalue weighted by molar-refractivity contribution is 7.19. The highest BCUT2D eigenvalue weighted by atomic mass is 32.1. The fourth-order valence-electron chi connectivity index (χ4n) is 3.46. The minimum atomic E-state index is -0.384. The third kappa shape index (κ3) is 3.58. The van der Waals surface area contributed by atoms with Gasteiger partial charge in [-0.1, -0.05) is 6.92 Å². The number of aryl methyl sites for hydroxylation is 2. The van der Waals surface area contributed by atoms with Crippen molar-refractivity contribution in [2.24, 2.45) is 0 Å². The number of rotatable bonds is 6. The van der Waals surface area contributed by atoms with E-state index >= 15 is 0 Å². The summed E-state index contributed by atoms with van der Waals surface area (Å²) in [4.78, 5) is 28.7. The summed E-state index contributed by atoms with van der Waals surface area (Å²) >= 11 is 1.75. The van der Waals surface area contributed by atoms with Gasteiger partial charge in [-0.15, -0.1) is 11.3 Å². The van der Waals surface area contributed by atoms with Crippen molar-refractivity contribution in [3.05, 3.63) is 35.0 Å². The van der Waals surface area contributed by atoms with E-state index in [1.54, 1.807) is 23.7 Å².